The molecule has 198 valence electrons. The third kappa shape index (κ3) is 8.85. The van der Waals surface area contributed by atoms with Crippen LogP contribution in [0.2, 0.25) is 10.0 Å². The number of esters is 5. The van der Waals surface area contributed by atoms with Crippen LogP contribution in [0.5, 0.6) is 5.75 Å². The summed E-state index contributed by atoms with van der Waals surface area (Å²) >= 11 is 11.8. The monoisotopic (exact) mass is 550 g/mol. The maximum absolute atomic E-state index is 12.5. The Morgan fingerprint density at radius 1 is 0.806 bits per heavy atom. The maximum atomic E-state index is 12.5. The molecule has 1 saturated heterocycles. The highest BCUT2D eigenvalue weighted by Gasteiger charge is 2.53. The number of hydrogen-bond acceptors (Lipinski definition) is 12. The fraction of sp³-hybridized carbons (Fsp3) is 0.500. The van der Waals surface area contributed by atoms with E-state index < -0.39 is 73.8 Å². The van der Waals surface area contributed by atoms with E-state index >= 15 is 0 Å². The first-order chi connectivity index (χ1) is 16.9. The molecule has 14 heteroatoms. The zero-order valence-electron chi connectivity index (χ0n) is 19.7. The Morgan fingerprint density at radius 2 is 1.39 bits per heavy atom. The van der Waals surface area contributed by atoms with E-state index in [4.69, 9.17) is 56.4 Å². The smallest absolute Gasteiger partial charge is 0.346 e. The van der Waals surface area contributed by atoms with Gasteiger partial charge in [-0.3, -0.25) is 19.2 Å². The van der Waals surface area contributed by atoms with E-state index in [9.17, 15) is 24.0 Å². The Labute approximate surface area is 215 Å². The molecular weight excluding hydrogens is 527 g/mol. The molecule has 0 aliphatic carbocycles. The molecule has 0 N–H and O–H groups in total. The highest BCUT2D eigenvalue weighted by Crippen LogP contribution is 2.31. The van der Waals surface area contributed by atoms with E-state index in [0.717, 1.165) is 27.7 Å². The first kappa shape index (κ1) is 29.1. The number of benzene rings is 1. The average molecular weight is 551 g/mol. The maximum Gasteiger partial charge on any atom is 0.346 e. The third-order valence-corrected chi connectivity index (χ3v) is 4.97. The Bertz CT molecular complexity index is 997. The highest BCUT2D eigenvalue weighted by atomic mass is 35.5. The van der Waals surface area contributed by atoms with Gasteiger partial charge in [0.05, 0.1) is 5.02 Å². The van der Waals surface area contributed by atoms with E-state index in [-0.39, 0.29) is 10.8 Å². The quantitative estimate of drug-likeness (QED) is 0.326. The standard InChI is InChI=1S/C22H24Cl2O12/c1-10(25)30-8-17-19(32-11(2)26)20(33-12(3)27)21(34-13(4)28)22(35-17)36-18(29)9-31-16-6-5-14(23)7-15(16)24/h5-7,17,19-22H,8-9H2,1-4H3/t17-,19-,20+,21-,22?/m1/s1. The molecule has 0 radical (unpaired) electrons. The van der Waals surface area contributed by atoms with Crippen LogP contribution in [0.15, 0.2) is 18.2 Å². The Morgan fingerprint density at radius 3 is 1.94 bits per heavy atom. The van der Waals surface area contributed by atoms with Crippen molar-refractivity contribution < 1.29 is 57.1 Å². The van der Waals surface area contributed by atoms with Crippen molar-refractivity contribution in [3.05, 3.63) is 28.2 Å². The van der Waals surface area contributed by atoms with E-state index in [1.165, 1.54) is 18.2 Å². The van der Waals surface area contributed by atoms with E-state index in [0.29, 0.717) is 5.02 Å². The van der Waals surface area contributed by atoms with Crippen molar-refractivity contribution in [1.82, 2.24) is 0 Å². The molecule has 1 fully saturated rings. The van der Waals surface area contributed by atoms with Gasteiger partial charge in [-0.15, -0.1) is 0 Å². The second-order valence-corrected chi connectivity index (χ2v) is 8.26. The number of ether oxygens (including phenoxy) is 7. The van der Waals surface area contributed by atoms with E-state index in [1.807, 2.05) is 0 Å². The summed E-state index contributed by atoms with van der Waals surface area (Å²) in [7, 11) is 0. The summed E-state index contributed by atoms with van der Waals surface area (Å²) < 4.78 is 36.9. The van der Waals surface area contributed by atoms with Gasteiger partial charge in [0.1, 0.15) is 18.5 Å². The van der Waals surface area contributed by atoms with Crippen molar-refractivity contribution in [3.8, 4) is 5.75 Å². The fourth-order valence-electron chi connectivity index (χ4n) is 3.18. The van der Waals surface area contributed by atoms with Crippen LogP contribution in [0.4, 0.5) is 0 Å². The van der Waals surface area contributed by atoms with Crippen molar-refractivity contribution >= 4 is 53.0 Å². The van der Waals surface area contributed by atoms with E-state index in [2.05, 4.69) is 0 Å². The Kier molecular flexibility index (Phi) is 10.8. The molecule has 12 nitrogen and oxygen atoms in total. The van der Waals surface area contributed by atoms with Gasteiger partial charge in [-0.2, -0.15) is 0 Å². The van der Waals surface area contributed by atoms with Crippen molar-refractivity contribution in [2.24, 2.45) is 0 Å². The van der Waals surface area contributed by atoms with Gasteiger partial charge in [-0.05, 0) is 18.2 Å². The van der Waals surface area contributed by atoms with Gasteiger partial charge in [-0.1, -0.05) is 23.2 Å². The number of carbonyl (C=O) groups excluding carboxylic acids is 5. The minimum atomic E-state index is -1.66. The van der Waals surface area contributed by atoms with Crippen molar-refractivity contribution in [1.29, 1.82) is 0 Å². The molecule has 0 amide bonds. The minimum Gasteiger partial charge on any atom is -0.480 e. The lowest BCUT2D eigenvalue weighted by molar-refractivity contribution is -0.301. The van der Waals surface area contributed by atoms with Crippen LogP contribution in [-0.2, 0) is 52.4 Å². The van der Waals surface area contributed by atoms with Crippen LogP contribution in [0.3, 0.4) is 0 Å². The largest absolute Gasteiger partial charge is 0.480 e. The van der Waals surface area contributed by atoms with Crippen molar-refractivity contribution in [2.45, 2.75) is 58.4 Å². The molecule has 1 aliphatic heterocycles. The lowest BCUT2D eigenvalue weighted by Gasteiger charge is -2.43. The molecule has 5 atom stereocenters. The van der Waals surface area contributed by atoms with Crippen LogP contribution in [0.25, 0.3) is 0 Å². The second kappa shape index (κ2) is 13.3. The minimum absolute atomic E-state index is 0.138. The van der Waals surface area contributed by atoms with Crippen molar-refractivity contribution in [2.75, 3.05) is 13.2 Å². The summed E-state index contributed by atoms with van der Waals surface area (Å²) in [4.78, 5) is 59.2. The third-order valence-electron chi connectivity index (χ3n) is 4.44. The SMILES string of the molecule is CC(=O)OC[C@H]1OC(OC(=O)COc2ccc(Cl)cc2Cl)[C@H](OC(C)=O)[C@@H](OC(C)=O)[C@@H]1OC(C)=O. The summed E-state index contributed by atoms with van der Waals surface area (Å²) in [5.74, 6) is -3.99. The van der Waals surface area contributed by atoms with E-state index in [1.54, 1.807) is 0 Å². The zero-order valence-corrected chi connectivity index (χ0v) is 21.2. The topological polar surface area (TPSA) is 150 Å². The van der Waals surface area contributed by atoms with Gasteiger partial charge in [0.25, 0.3) is 0 Å². The Balaban J connectivity index is 2.29. The fourth-order valence-corrected chi connectivity index (χ4v) is 3.64. The lowest BCUT2D eigenvalue weighted by atomic mass is 9.98. The summed E-state index contributed by atoms with van der Waals surface area (Å²) in [6.07, 6.45) is -7.34. The molecule has 1 unspecified atom stereocenters. The number of rotatable bonds is 9. The first-order valence-electron chi connectivity index (χ1n) is 10.4. The van der Waals surface area contributed by atoms with Crippen LogP contribution >= 0.6 is 23.2 Å². The molecule has 36 heavy (non-hydrogen) atoms. The van der Waals surface area contributed by atoms with Crippen LogP contribution in [0.1, 0.15) is 27.7 Å². The molecule has 1 heterocycles. The zero-order chi connectivity index (χ0) is 27.0. The number of hydrogen-bond donors (Lipinski definition) is 0. The predicted molar refractivity (Wildman–Crippen MR) is 120 cm³/mol. The normalized spacial score (nSPS) is 23.1. The average Bonchev–Trinajstić information content (AvgIpc) is 2.75. The summed E-state index contributed by atoms with van der Waals surface area (Å²) in [6, 6.07) is 4.34. The van der Waals surface area contributed by atoms with Gasteiger partial charge < -0.3 is 33.2 Å². The first-order valence-corrected chi connectivity index (χ1v) is 11.2. The molecular formula is C22H24Cl2O12. The highest BCUT2D eigenvalue weighted by molar-refractivity contribution is 6.35. The molecule has 0 spiro atoms. The summed E-state index contributed by atoms with van der Waals surface area (Å²) in [5, 5.41) is 0.495. The van der Waals surface area contributed by atoms with Gasteiger partial charge in [0.2, 0.25) is 12.4 Å². The number of halogens is 2. The molecule has 0 saturated carbocycles. The van der Waals surface area contributed by atoms with Crippen molar-refractivity contribution in [3.63, 3.8) is 0 Å². The Hall–Kier alpha value is -3.09. The second-order valence-electron chi connectivity index (χ2n) is 7.42. The molecule has 0 bridgehead atoms. The molecule has 0 aromatic heterocycles. The van der Waals surface area contributed by atoms with Crippen LogP contribution in [0, 0.1) is 0 Å². The van der Waals surface area contributed by atoms with Crippen LogP contribution < -0.4 is 4.74 Å². The van der Waals surface area contributed by atoms with Gasteiger partial charge >= 0.3 is 29.8 Å². The summed E-state index contributed by atoms with van der Waals surface area (Å²) in [6.45, 7) is 3.22. The van der Waals surface area contributed by atoms with Gasteiger partial charge in [0.15, 0.2) is 18.8 Å². The molecule has 1 aliphatic rings. The lowest BCUT2D eigenvalue weighted by Crippen LogP contribution is -2.63. The molecule has 1 aromatic carbocycles. The van der Waals surface area contributed by atoms with Gasteiger partial charge in [0, 0.05) is 32.7 Å². The van der Waals surface area contributed by atoms with Crippen LogP contribution in [-0.4, -0.2) is 73.8 Å². The molecule has 1 aromatic rings. The predicted octanol–water partition coefficient (Wildman–Crippen LogP) is 2.00. The summed E-state index contributed by atoms with van der Waals surface area (Å²) in [5.41, 5.74) is 0. The number of carbonyl (C=O) groups is 5. The molecule has 2 rings (SSSR count). The van der Waals surface area contributed by atoms with Gasteiger partial charge in [-0.25, -0.2) is 4.79 Å².